The second kappa shape index (κ2) is 14.2. The average molecular weight is 648 g/mol. The Bertz CT molecular complexity index is 903. The van der Waals surface area contributed by atoms with Crippen molar-refractivity contribution in [3.8, 4) is 16.2 Å². The number of hydrogen-bond acceptors (Lipinski definition) is 6. The third kappa shape index (κ3) is 6.29. The molecule has 3 aromatic carbocycles. The third-order valence-electron chi connectivity index (χ3n) is 4.15. The van der Waals surface area contributed by atoms with Crippen LogP contribution in [0.3, 0.4) is 0 Å². The molecule has 8 heteroatoms. The molecule has 0 aliphatic heterocycles. The van der Waals surface area contributed by atoms with Gasteiger partial charge in [0.05, 0.1) is 0 Å². The van der Waals surface area contributed by atoms with Crippen molar-refractivity contribution in [2.75, 3.05) is 0 Å². The van der Waals surface area contributed by atoms with E-state index in [0.717, 1.165) is 15.9 Å². The van der Waals surface area contributed by atoms with Crippen LogP contribution in [0.5, 0.6) is 0 Å². The van der Waals surface area contributed by atoms with Crippen molar-refractivity contribution in [3.05, 3.63) is 97.7 Å². The zero-order valence-electron chi connectivity index (χ0n) is 15.7. The van der Waals surface area contributed by atoms with Gasteiger partial charge >= 0.3 is 164 Å². The van der Waals surface area contributed by atoms with Gasteiger partial charge in [-0.15, -0.1) is 0 Å². The minimum absolute atomic E-state index is 0. The summed E-state index contributed by atoms with van der Waals surface area (Å²) in [6.07, 6.45) is 0. The first-order chi connectivity index (χ1) is 14.0. The molecular formula is C22H17AuN3PS3. The number of benzene rings is 3. The molecule has 3 nitrogen and oxygen atoms in total. The van der Waals surface area contributed by atoms with Gasteiger partial charge in [-0.05, 0) is 0 Å². The molecule has 0 heterocycles. The molecule has 0 fully saturated rings. The molecule has 0 saturated heterocycles. The van der Waals surface area contributed by atoms with Crippen LogP contribution in [0.2, 0.25) is 0 Å². The van der Waals surface area contributed by atoms with Crippen LogP contribution in [0.1, 0.15) is 0 Å². The van der Waals surface area contributed by atoms with E-state index in [2.05, 4.69) is 67.1 Å². The molecule has 0 aliphatic rings. The Morgan fingerprint density at radius 1 is 0.633 bits per heavy atom. The molecule has 0 saturated carbocycles. The van der Waals surface area contributed by atoms with Gasteiger partial charge < -0.3 is 25.3 Å². The van der Waals surface area contributed by atoms with Crippen LogP contribution in [0, 0.1) is 38.7 Å². The number of hydrogen-bond donors (Lipinski definition) is 0. The molecule has 3 rings (SSSR count). The first-order valence-corrected chi connectivity index (χ1v) is 12.8. The van der Waals surface area contributed by atoms with Gasteiger partial charge in [-0.1, -0.05) is 10.8 Å². The predicted molar refractivity (Wildman–Crippen MR) is 130 cm³/mol. The van der Waals surface area contributed by atoms with Crippen molar-refractivity contribution < 1.29 is 22.4 Å². The van der Waals surface area contributed by atoms with E-state index in [1.165, 1.54) is 22.2 Å². The van der Waals surface area contributed by atoms with Crippen LogP contribution < -0.4 is 15.9 Å². The minimum atomic E-state index is -3.12. The summed E-state index contributed by atoms with van der Waals surface area (Å²) in [7, 11) is 0. The molecule has 3 aromatic rings. The van der Waals surface area contributed by atoms with Gasteiger partial charge in [0, 0.05) is 0 Å². The van der Waals surface area contributed by atoms with Gasteiger partial charge in [-0.25, -0.2) is 10.5 Å². The molecule has 0 amide bonds. The summed E-state index contributed by atoms with van der Waals surface area (Å²) in [5.74, 6) is -3.12. The van der Waals surface area contributed by atoms with Crippen LogP contribution in [-0.4, -0.2) is 0 Å². The van der Waals surface area contributed by atoms with Crippen molar-refractivity contribution in [3.63, 3.8) is 0 Å². The van der Waals surface area contributed by atoms with Gasteiger partial charge in [0.25, 0.3) is 0 Å². The summed E-state index contributed by atoms with van der Waals surface area (Å²) in [4.78, 5) is 0. The van der Waals surface area contributed by atoms with Gasteiger partial charge in [-0.3, -0.25) is 0 Å². The fourth-order valence-corrected chi connectivity index (χ4v) is 9.31. The monoisotopic (exact) mass is 647 g/mol. The molecule has 0 aliphatic carbocycles. The van der Waals surface area contributed by atoms with Crippen LogP contribution in [0.25, 0.3) is 0 Å². The van der Waals surface area contributed by atoms with Crippen molar-refractivity contribution in [1.82, 2.24) is 0 Å². The molecular weight excluding hydrogens is 630 g/mol. The predicted octanol–water partition coefficient (Wildman–Crippen LogP) is 4.46. The maximum atomic E-state index is 9.66. The zero-order valence-corrected chi connectivity index (χ0v) is 21.2. The van der Waals surface area contributed by atoms with E-state index in [-0.39, 0.29) is 22.4 Å². The van der Waals surface area contributed by atoms with Crippen LogP contribution in [0.4, 0.5) is 0 Å². The molecule has 154 valence electrons. The number of nitrogens with zero attached hydrogens (tertiary/aromatic N) is 3. The number of thiocyanates is 3. The Morgan fingerprint density at radius 3 is 1.07 bits per heavy atom. The molecule has 0 spiro atoms. The number of rotatable bonds is 4. The van der Waals surface area contributed by atoms with E-state index in [0.29, 0.717) is 0 Å². The normalized spacial score (nSPS) is 10.3. The first kappa shape index (κ1) is 28.1. The van der Waals surface area contributed by atoms with E-state index in [9.17, 15) is 5.26 Å². The average Bonchev–Trinajstić information content (AvgIpc) is 2.77. The Hall–Kier alpha value is -1.91. The van der Waals surface area contributed by atoms with Crippen molar-refractivity contribution in [2.24, 2.45) is 0 Å². The Labute approximate surface area is 209 Å². The topological polar surface area (TPSA) is 71.4 Å². The van der Waals surface area contributed by atoms with Crippen molar-refractivity contribution >= 4 is 58.4 Å². The Kier molecular flexibility index (Phi) is 13.3. The van der Waals surface area contributed by atoms with Crippen molar-refractivity contribution in [1.29, 1.82) is 15.8 Å². The quantitative estimate of drug-likeness (QED) is 0.137. The molecule has 0 N–H and O–H groups in total. The molecule has 30 heavy (non-hydrogen) atoms. The van der Waals surface area contributed by atoms with E-state index < -0.39 is 5.81 Å². The maximum absolute atomic E-state index is 9.66. The summed E-state index contributed by atoms with van der Waals surface area (Å²) in [6, 6.07) is 30.7. The number of nitriles is 3. The second-order valence-corrected chi connectivity index (χ2v) is 13.3. The third-order valence-corrected chi connectivity index (χ3v) is 12.2. The fraction of sp³-hybridized carbons (Fsp3) is 0. The summed E-state index contributed by atoms with van der Waals surface area (Å²) >= 11 is 8.71. The van der Waals surface area contributed by atoms with Crippen LogP contribution in [0.15, 0.2) is 91.0 Å². The second-order valence-electron chi connectivity index (χ2n) is 5.58. The van der Waals surface area contributed by atoms with E-state index in [1.54, 1.807) is 0 Å². The fourth-order valence-electron chi connectivity index (χ4n) is 2.93. The van der Waals surface area contributed by atoms with Gasteiger partial charge in [0.15, 0.2) is 0 Å². The van der Waals surface area contributed by atoms with Crippen molar-refractivity contribution in [2.45, 2.75) is 0 Å². The molecule has 0 unspecified atom stereocenters. The standard InChI is InChI=1S/C20H17NPS.2CHNS.Au/c1-22(23-17-21,18-11-5-2-6-12-18,19-13-7-3-8-14-19)20-15-9-4-10-16-20;2*2-1-3;/h2-16H,1H2;2*3H;/q-1;;;+3/p-2. The summed E-state index contributed by atoms with van der Waals surface area (Å²) < 4.78 is 0. The molecule has 0 bridgehead atoms. The van der Waals surface area contributed by atoms with E-state index in [1.807, 2.05) is 54.6 Å². The van der Waals surface area contributed by atoms with Gasteiger partial charge in [0.1, 0.15) is 0 Å². The van der Waals surface area contributed by atoms with Crippen LogP contribution >= 0.6 is 17.2 Å². The van der Waals surface area contributed by atoms with Gasteiger partial charge in [-0.2, -0.15) is 0 Å². The van der Waals surface area contributed by atoms with E-state index >= 15 is 0 Å². The van der Waals surface area contributed by atoms with Crippen LogP contribution in [-0.2, 0) is 47.6 Å². The molecule has 0 atom stereocenters. The Morgan fingerprint density at radius 2 is 0.867 bits per heavy atom. The summed E-state index contributed by atoms with van der Waals surface area (Å²) in [5, 5.41) is 32.3. The van der Waals surface area contributed by atoms with E-state index in [4.69, 9.17) is 17.2 Å². The Balaban J connectivity index is 0.00000108. The SMILES string of the molecule is N#C[S-].N#C[S-].[Au+3].[CH2-]P(SC#N)(c1ccccc1)(c1ccccc1)c1ccccc1. The molecule has 0 radical (unpaired) electrons. The summed E-state index contributed by atoms with van der Waals surface area (Å²) in [5.41, 5.74) is 0. The summed E-state index contributed by atoms with van der Waals surface area (Å²) in [6.45, 7) is 4.77. The zero-order chi connectivity index (χ0) is 21.6. The first-order valence-electron chi connectivity index (χ1n) is 8.18. The van der Waals surface area contributed by atoms with Gasteiger partial charge in [0.2, 0.25) is 0 Å². The molecule has 0 aromatic heterocycles.